The summed E-state index contributed by atoms with van der Waals surface area (Å²) in [6.07, 6.45) is 7.88. The highest BCUT2D eigenvalue weighted by molar-refractivity contribution is 5.85. The number of nitrogens with one attached hydrogen (secondary N) is 1. The van der Waals surface area contributed by atoms with E-state index < -0.39 is 0 Å². The molecule has 4 heterocycles. The molecule has 0 atom stereocenters. The predicted molar refractivity (Wildman–Crippen MR) is 161 cm³/mol. The molecule has 7 heteroatoms. The summed E-state index contributed by atoms with van der Waals surface area (Å²) in [4.78, 5) is 32.8. The van der Waals surface area contributed by atoms with Gasteiger partial charge >= 0.3 is 5.69 Å². The fraction of sp³-hybridized carbons (Fsp3) is 0.333. The Morgan fingerprint density at radius 2 is 1.73 bits per heavy atom. The van der Waals surface area contributed by atoms with Crippen molar-refractivity contribution in [3.05, 3.63) is 105 Å². The summed E-state index contributed by atoms with van der Waals surface area (Å²) >= 11 is 0. The Morgan fingerprint density at radius 3 is 2.50 bits per heavy atom. The second kappa shape index (κ2) is 11.2. The lowest BCUT2D eigenvalue weighted by Gasteiger charge is -2.32. The highest BCUT2D eigenvalue weighted by Gasteiger charge is 2.23. The van der Waals surface area contributed by atoms with Crippen LogP contribution in [0.5, 0.6) is 5.75 Å². The van der Waals surface area contributed by atoms with E-state index in [4.69, 9.17) is 4.74 Å². The Labute approximate surface area is 233 Å². The fourth-order valence-corrected chi connectivity index (χ4v) is 6.12. The molecule has 0 radical (unpaired) electrons. The van der Waals surface area contributed by atoms with Gasteiger partial charge in [-0.15, -0.1) is 0 Å². The first-order chi connectivity index (χ1) is 19.5. The van der Waals surface area contributed by atoms with Gasteiger partial charge in [-0.2, -0.15) is 0 Å². The van der Waals surface area contributed by atoms with E-state index in [1.807, 2.05) is 55.5 Å². The van der Waals surface area contributed by atoms with Gasteiger partial charge < -0.3 is 14.6 Å². The smallest absolute Gasteiger partial charge is 0.335 e. The van der Waals surface area contributed by atoms with Crippen LogP contribution in [0.3, 0.4) is 0 Å². The minimum atomic E-state index is -0.271. The molecule has 1 aliphatic heterocycles. The van der Waals surface area contributed by atoms with Gasteiger partial charge in [0, 0.05) is 29.8 Å². The minimum Gasteiger partial charge on any atom is -0.497 e. The molecule has 0 amide bonds. The summed E-state index contributed by atoms with van der Waals surface area (Å²) in [6, 6.07) is 19.7. The van der Waals surface area contributed by atoms with Crippen molar-refractivity contribution in [1.29, 1.82) is 0 Å². The maximum absolute atomic E-state index is 13.6. The molecule has 0 unspecified atom stereocenters. The second-order valence-electron chi connectivity index (χ2n) is 10.9. The zero-order chi connectivity index (χ0) is 27.6. The SMILES string of the molecule is COc1ccc2[nH]cc(C3CCN(CCCCn4c(=O)c(-c5ccc(C)cc5)c5ccccn5c4=O)CC3)c2c1. The Balaban J connectivity index is 1.11. The van der Waals surface area contributed by atoms with Crippen LogP contribution in [-0.2, 0) is 6.54 Å². The van der Waals surface area contributed by atoms with Crippen LogP contribution in [0.4, 0.5) is 0 Å². The van der Waals surface area contributed by atoms with Gasteiger partial charge in [0.25, 0.3) is 5.56 Å². The van der Waals surface area contributed by atoms with Gasteiger partial charge in [-0.1, -0.05) is 35.9 Å². The summed E-state index contributed by atoms with van der Waals surface area (Å²) in [5.41, 5.74) is 5.25. The lowest BCUT2D eigenvalue weighted by molar-refractivity contribution is 0.208. The third kappa shape index (κ3) is 4.97. The number of pyridine rings is 1. The van der Waals surface area contributed by atoms with Crippen molar-refractivity contribution >= 4 is 16.4 Å². The van der Waals surface area contributed by atoms with E-state index in [1.54, 1.807) is 17.7 Å². The Kier molecular flexibility index (Phi) is 7.30. The van der Waals surface area contributed by atoms with Crippen LogP contribution in [-0.4, -0.2) is 45.6 Å². The van der Waals surface area contributed by atoms with Gasteiger partial charge in [0.05, 0.1) is 18.2 Å². The number of aromatic nitrogens is 3. The van der Waals surface area contributed by atoms with E-state index in [9.17, 15) is 9.59 Å². The molecule has 6 rings (SSSR count). The van der Waals surface area contributed by atoms with E-state index in [0.29, 0.717) is 23.5 Å². The van der Waals surface area contributed by atoms with Crippen LogP contribution in [0, 0.1) is 6.92 Å². The molecule has 2 aromatic carbocycles. The first-order valence-corrected chi connectivity index (χ1v) is 14.2. The summed E-state index contributed by atoms with van der Waals surface area (Å²) in [6.45, 7) is 5.53. The maximum atomic E-state index is 13.6. The highest BCUT2D eigenvalue weighted by Crippen LogP contribution is 2.34. The van der Waals surface area contributed by atoms with Crippen molar-refractivity contribution in [2.75, 3.05) is 26.7 Å². The topological polar surface area (TPSA) is 71.7 Å². The molecular weight excluding hydrogens is 500 g/mol. The van der Waals surface area contributed by atoms with Crippen molar-refractivity contribution in [3.8, 4) is 16.9 Å². The largest absolute Gasteiger partial charge is 0.497 e. The van der Waals surface area contributed by atoms with Gasteiger partial charge in [-0.3, -0.25) is 13.8 Å². The number of hydrogen-bond acceptors (Lipinski definition) is 4. The van der Waals surface area contributed by atoms with E-state index in [1.165, 1.54) is 15.5 Å². The summed E-state index contributed by atoms with van der Waals surface area (Å²) in [5.74, 6) is 1.43. The molecule has 206 valence electrons. The van der Waals surface area contributed by atoms with Crippen LogP contribution in [0.2, 0.25) is 0 Å². The summed E-state index contributed by atoms with van der Waals surface area (Å²) in [5, 5.41) is 1.26. The van der Waals surface area contributed by atoms with Gasteiger partial charge in [0.15, 0.2) is 0 Å². The Morgan fingerprint density at radius 1 is 0.950 bits per heavy atom. The van der Waals surface area contributed by atoms with E-state index in [2.05, 4.69) is 28.2 Å². The number of unbranched alkanes of at least 4 members (excludes halogenated alkanes) is 1. The number of rotatable bonds is 8. The number of methoxy groups -OCH3 is 1. The highest BCUT2D eigenvalue weighted by atomic mass is 16.5. The van der Waals surface area contributed by atoms with Gasteiger partial charge in [-0.25, -0.2) is 4.79 Å². The molecule has 0 bridgehead atoms. The molecule has 1 saturated heterocycles. The van der Waals surface area contributed by atoms with E-state index in [-0.39, 0.29) is 11.2 Å². The minimum absolute atomic E-state index is 0.212. The average molecular weight is 537 g/mol. The van der Waals surface area contributed by atoms with Gasteiger partial charge in [0.2, 0.25) is 0 Å². The quantitative estimate of drug-likeness (QED) is 0.263. The third-order valence-electron chi connectivity index (χ3n) is 8.41. The number of piperidine rings is 1. The number of fused-ring (bicyclic) bond motifs is 2. The van der Waals surface area contributed by atoms with Crippen LogP contribution < -0.4 is 16.0 Å². The van der Waals surface area contributed by atoms with Gasteiger partial charge in [-0.05, 0) is 99.6 Å². The number of H-pyrrole nitrogens is 1. The molecule has 0 spiro atoms. The van der Waals surface area contributed by atoms with Crippen LogP contribution in [0.1, 0.15) is 42.7 Å². The molecule has 3 aromatic heterocycles. The second-order valence-corrected chi connectivity index (χ2v) is 10.9. The number of nitrogens with zero attached hydrogens (tertiary/aromatic N) is 3. The normalized spacial score (nSPS) is 14.8. The Bertz CT molecular complexity index is 1760. The lowest BCUT2D eigenvalue weighted by atomic mass is 9.89. The van der Waals surface area contributed by atoms with Gasteiger partial charge in [0.1, 0.15) is 5.75 Å². The molecule has 0 saturated carbocycles. The van der Waals surface area contributed by atoms with Crippen LogP contribution in [0.25, 0.3) is 27.5 Å². The molecule has 7 nitrogen and oxygen atoms in total. The number of aromatic amines is 1. The molecule has 5 aromatic rings. The fourth-order valence-electron chi connectivity index (χ4n) is 6.12. The molecule has 1 N–H and O–H groups in total. The van der Waals surface area contributed by atoms with Crippen LogP contribution >= 0.6 is 0 Å². The third-order valence-corrected chi connectivity index (χ3v) is 8.41. The summed E-state index contributed by atoms with van der Waals surface area (Å²) in [7, 11) is 1.71. The number of aryl methyl sites for hydroxylation is 1. The van der Waals surface area contributed by atoms with Crippen molar-refractivity contribution in [3.63, 3.8) is 0 Å². The van der Waals surface area contributed by atoms with Crippen molar-refractivity contribution in [1.82, 2.24) is 18.9 Å². The van der Waals surface area contributed by atoms with Crippen LogP contribution in [0.15, 0.2) is 82.6 Å². The standard InChI is InChI=1S/C33H36N4O3/c1-23-8-10-25(11-9-23)31-30-7-3-4-17-36(30)33(39)37(32(31)38)18-6-5-16-35-19-14-24(15-20-35)28-22-34-29-13-12-26(40-2)21-27(28)29/h3-4,7-13,17,21-22,24,34H,5-6,14-16,18-20H2,1-2H3. The molecular formula is C33H36N4O3. The number of benzene rings is 2. The van der Waals surface area contributed by atoms with Crippen molar-refractivity contribution in [2.24, 2.45) is 0 Å². The zero-order valence-electron chi connectivity index (χ0n) is 23.2. The monoisotopic (exact) mass is 536 g/mol. The first-order valence-electron chi connectivity index (χ1n) is 14.2. The number of ether oxygens (including phenoxy) is 1. The Hall–Kier alpha value is -4.10. The van der Waals surface area contributed by atoms with E-state index >= 15 is 0 Å². The summed E-state index contributed by atoms with van der Waals surface area (Å²) < 4.78 is 8.46. The molecule has 1 aliphatic rings. The number of likely N-dealkylation sites (tertiary alicyclic amines) is 1. The van der Waals surface area contributed by atoms with Crippen molar-refractivity contribution < 1.29 is 4.74 Å². The average Bonchev–Trinajstić information content (AvgIpc) is 3.41. The lowest BCUT2D eigenvalue weighted by Crippen LogP contribution is -2.39. The molecule has 1 fully saturated rings. The van der Waals surface area contributed by atoms with E-state index in [0.717, 1.165) is 67.7 Å². The first kappa shape index (κ1) is 26.1. The molecule has 40 heavy (non-hydrogen) atoms. The number of hydrogen-bond donors (Lipinski definition) is 1. The predicted octanol–water partition coefficient (Wildman–Crippen LogP) is 5.59. The zero-order valence-corrected chi connectivity index (χ0v) is 23.2. The van der Waals surface area contributed by atoms with Crippen molar-refractivity contribution in [2.45, 2.75) is 45.1 Å². The molecule has 0 aliphatic carbocycles. The maximum Gasteiger partial charge on any atom is 0.335 e.